The van der Waals surface area contributed by atoms with Gasteiger partial charge in [-0.1, -0.05) is 6.07 Å². The molecule has 14 heavy (non-hydrogen) atoms. The Morgan fingerprint density at radius 1 is 1.50 bits per heavy atom. The van der Waals surface area contributed by atoms with Crippen LogP contribution < -0.4 is 21.3 Å². The summed E-state index contributed by atoms with van der Waals surface area (Å²) in [6.07, 6.45) is -0.268. The summed E-state index contributed by atoms with van der Waals surface area (Å²) in [5.41, 5.74) is 3.23. The van der Waals surface area contributed by atoms with Gasteiger partial charge in [-0.05, 0) is 24.7 Å². The topological polar surface area (TPSA) is 59.3 Å². The van der Waals surface area contributed by atoms with Gasteiger partial charge in [0, 0.05) is 0 Å². The molecule has 1 rings (SSSR count). The van der Waals surface area contributed by atoms with E-state index in [0.717, 1.165) is 0 Å². The van der Waals surface area contributed by atoms with Crippen molar-refractivity contribution in [2.45, 2.75) is 6.17 Å². The average molecular weight is 199 g/mol. The predicted molar refractivity (Wildman–Crippen MR) is 52.1 cm³/mol. The molecule has 0 fully saturated rings. The average Bonchev–Trinajstić information content (AvgIpc) is 2.20. The van der Waals surface area contributed by atoms with E-state index in [1.54, 1.807) is 19.2 Å². The third-order valence-electron chi connectivity index (χ3n) is 1.96. The van der Waals surface area contributed by atoms with Crippen LogP contribution in [-0.4, -0.2) is 14.2 Å². The molecule has 0 spiro atoms. The third-order valence-corrected chi connectivity index (χ3v) is 1.96. The molecule has 0 saturated heterocycles. The van der Waals surface area contributed by atoms with Crippen LogP contribution in [0.3, 0.4) is 0 Å². The molecule has 4 N–H and O–H groups in total. The molecular formula is C9H14FN3O. The molecule has 0 radical (unpaired) electrons. The van der Waals surface area contributed by atoms with Gasteiger partial charge in [-0.3, -0.25) is 5.84 Å². The Morgan fingerprint density at radius 2 is 2.21 bits per heavy atom. The number of ether oxygens (including phenoxy) is 1. The van der Waals surface area contributed by atoms with Crippen LogP contribution in [0.2, 0.25) is 0 Å². The Labute approximate surface area is 82.2 Å². The lowest BCUT2D eigenvalue weighted by Gasteiger charge is -2.15. The molecule has 0 aromatic heterocycles. The number of methoxy groups -OCH3 is 1. The van der Waals surface area contributed by atoms with Crippen LogP contribution in [0.4, 0.5) is 4.39 Å². The quantitative estimate of drug-likeness (QED) is 0.376. The van der Waals surface area contributed by atoms with Crippen molar-refractivity contribution in [2.75, 3.05) is 14.2 Å². The highest BCUT2D eigenvalue weighted by molar-refractivity contribution is 5.30. The standard InChI is InChI=1S/C9H14FN3O/c1-12-9(13-11)6-3-4-8(14-2)7(10)5-6/h3-5,9,12-13H,11H2,1-2H3. The van der Waals surface area contributed by atoms with Gasteiger partial charge in [0.25, 0.3) is 0 Å². The lowest BCUT2D eigenvalue weighted by molar-refractivity contribution is 0.384. The maximum Gasteiger partial charge on any atom is 0.165 e. The molecule has 1 atom stereocenters. The summed E-state index contributed by atoms with van der Waals surface area (Å²) in [4.78, 5) is 0. The maximum atomic E-state index is 13.3. The number of hydrazine groups is 1. The number of rotatable bonds is 4. The van der Waals surface area contributed by atoms with Crippen molar-refractivity contribution in [3.8, 4) is 5.75 Å². The van der Waals surface area contributed by atoms with Gasteiger partial charge in [0.1, 0.15) is 0 Å². The van der Waals surface area contributed by atoms with E-state index in [1.165, 1.54) is 13.2 Å². The molecule has 1 aromatic carbocycles. The van der Waals surface area contributed by atoms with Gasteiger partial charge in [0.2, 0.25) is 0 Å². The molecule has 0 amide bonds. The van der Waals surface area contributed by atoms with Gasteiger partial charge in [-0.25, -0.2) is 9.82 Å². The van der Waals surface area contributed by atoms with Crippen molar-refractivity contribution >= 4 is 0 Å². The first-order valence-corrected chi connectivity index (χ1v) is 4.19. The number of hydrogen-bond acceptors (Lipinski definition) is 4. The van der Waals surface area contributed by atoms with Gasteiger partial charge in [0.15, 0.2) is 11.6 Å². The zero-order valence-electron chi connectivity index (χ0n) is 8.17. The second-order valence-corrected chi connectivity index (χ2v) is 2.78. The molecular weight excluding hydrogens is 185 g/mol. The van der Waals surface area contributed by atoms with Crippen molar-refractivity contribution in [3.63, 3.8) is 0 Å². The SMILES string of the molecule is CNC(NN)c1ccc(OC)c(F)c1. The van der Waals surface area contributed by atoms with Gasteiger partial charge >= 0.3 is 0 Å². The van der Waals surface area contributed by atoms with Crippen molar-refractivity contribution in [3.05, 3.63) is 29.6 Å². The van der Waals surface area contributed by atoms with Crippen LogP contribution in [0.1, 0.15) is 11.7 Å². The fourth-order valence-electron chi connectivity index (χ4n) is 1.21. The molecule has 4 nitrogen and oxygen atoms in total. The van der Waals surface area contributed by atoms with E-state index >= 15 is 0 Å². The monoisotopic (exact) mass is 199 g/mol. The minimum Gasteiger partial charge on any atom is -0.494 e. The van der Waals surface area contributed by atoms with Crippen LogP contribution in [-0.2, 0) is 0 Å². The number of halogens is 1. The van der Waals surface area contributed by atoms with Crippen LogP contribution in [0.5, 0.6) is 5.75 Å². The predicted octanol–water partition coefficient (Wildman–Crippen LogP) is 0.516. The molecule has 0 heterocycles. The summed E-state index contributed by atoms with van der Waals surface area (Å²) in [6.45, 7) is 0. The van der Waals surface area contributed by atoms with Crippen LogP contribution in [0.15, 0.2) is 18.2 Å². The molecule has 78 valence electrons. The maximum absolute atomic E-state index is 13.3. The molecule has 0 bridgehead atoms. The fourth-order valence-corrected chi connectivity index (χ4v) is 1.21. The zero-order valence-corrected chi connectivity index (χ0v) is 8.17. The van der Waals surface area contributed by atoms with Gasteiger partial charge in [-0.15, -0.1) is 0 Å². The lowest BCUT2D eigenvalue weighted by Crippen LogP contribution is -2.36. The lowest BCUT2D eigenvalue weighted by atomic mass is 10.1. The molecule has 1 aromatic rings. The van der Waals surface area contributed by atoms with Gasteiger partial charge in [-0.2, -0.15) is 0 Å². The molecule has 1 unspecified atom stereocenters. The molecule has 0 aliphatic heterocycles. The molecule has 0 saturated carbocycles. The van der Waals surface area contributed by atoms with Crippen molar-refractivity contribution in [1.29, 1.82) is 0 Å². The van der Waals surface area contributed by atoms with E-state index < -0.39 is 5.82 Å². The highest BCUT2D eigenvalue weighted by Crippen LogP contribution is 2.20. The van der Waals surface area contributed by atoms with E-state index in [2.05, 4.69) is 10.7 Å². The minimum absolute atomic E-state index is 0.223. The fraction of sp³-hybridized carbons (Fsp3) is 0.333. The summed E-state index contributed by atoms with van der Waals surface area (Å²) in [5, 5.41) is 2.89. The van der Waals surface area contributed by atoms with E-state index in [4.69, 9.17) is 10.6 Å². The summed E-state index contributed by atoms with van der Waals surface area (Å²) >= 11 is 0. The van der Waals surface area contributed by atoms with Crippen molar-refractivity contribution in [2.24, 2.45) is 5.84 Å². The number of benzene rings is 1. The van der Waals surface area contributed by atoms with Crippen LogP contribution >= 0.6 is 0 Å². The van der Waals surface area contributed by atoms with Crippen molar-refractivity contribution in [1.82, 2.24) is 10.7 Å². The number of nitrogens with one attached hydrogen (secondary N) is 2. The Kier molecular flexibility index (Phi) is 3.82. The highest BCUT2D eigenvalue weighted by atomic mass is 19.1. The first-order valence-electron chi connectivity index (χ1n) is 4.19. The second kappa shape index (κ2) is 4.90. The van der Waals surface area contributed by atoms with Gasteiger partial charge in [0.05, 0.1) is 13.3 Å². The van der Waals surface area contributed by atoms with E-state index in [-0.39, 0.29) is 11.9 Å². The molecule has 0 aliphatic rings. The first kappa shape index (κ1) is 10.9. The summed E-state index contributed by atoms with van der Waals surface area (Å²) in [6, 6.07) is 4.68. The Balaban J connectivity index is 2.95. The number of nitrogens with two attached hydrogens (primary N) is 1. The van der Waals surface area contributed by atoms with E-state index in [1.807, 2.05) is 0 Å². The largest absolute Gasteiger partial charge is 0.494 e. The highest BCUT2D eigenvalue weighted by Gasteiger charge is 2.09. The first-order chi connectivity index (χ1) is 6.72. The van der Waals surface area contributed by atoms with E-state index in [0.29, 0.717) is 5.56 Å². The summed E-state index contributed by atoms with van der Waals surface area (Å²) in [7, 11) is 3.15. The van der Waals surface area contributed by atoms with Crippen molar-refractivity contribution < 1.29 is 9.13 Å². The normalized spacial score (nSPS) is 12.6. The minimum atomic E-state index is -0.402. The van der Waals surface area contributed by atoms with E-state index in [9.17, 15) is 4.39 Å². The van der Waals surface area contributed by atoms with Crippen LogP contribution in [0.25, 0.3) is 0 Å². The smallest absolute Gasteiger partial charge is 0.165 e. The summed E-state index contributed by atoms with van der Waals surface area (Å²) in [5.74, 6) is 5.09. The second-order valence-electron chi connectivity index (χ2n) is 2.78. The molecule has 5 heteroatoms. The molecule has 0 aliphatic carbocycles. The van der Waals surface area contributed by atoms with Gasteiger partial charge < -0.3 is 10.1 Å². The number of hydrogen-bond donors (Lipinski definition) is 3. The summed E-state index contributed by atoms with van der Waals surface area (Å²) < 4.78 is 18.1. The zero-order chi connectivity index (χ0) is 10.6. The Bertz CT molecular complexity index is 302. The van der Waals surface area contributed by atoms with Crippen LogP contribution in [0, 0.1) is 5.82 Å². The third kappa shape index (κ3) is 2.20. The Morgan fingerprint density at radius 3 is 2.64 bits per heavy atom. The Hall–Kier alpha value is -1.17.